The lowest BCUT2D eigenvalue weighted by molar-refractivity contribution is -0.671. The van der Waals surface area contributed by atoms with E-state index in [1.54, 1.807) is 17.1 Å². The van der Waals surface area contributed by atoms with Crippen molar-refractivity contribution in [2.75, 3.05) is 0 Å². The monoisotopic (exact) mass is 233 g/mol. The number of aryl methyl sites for hydroxylation is 1. The summed E-state index contributed by atoms with van der Waals surface area (Å²) in [6, 6.07) is 3.95. The highest BCUT2D eigenvalue weighted by atomic mass is 16.3. The van der Waals surface area contributed by atoms with Gasteiger partial charge in [-0.05, 0) is 12.1 Å². The minimum atomic E-state index is -0.210. The third-order valence-corrected chi connectivity index (χ3v) is 2.43. The molecule has 2 aromatic rings. The van der Waals surface area contributed by atoms with Crippen molar-refractivity contribution in [3.05, 3.63) is 42.5 Å². The maximum absolute atomic E-state index is 11.9. The summed E-state index contributed by atoms with van der Waals surface area (Å²) in [6.07, 6.45) is 5.37. The molecule has 0 amide bonds. The molecule has 2 N–H and O–H groups in total. The van der Waals surface area contributed by atoms with Gasteiger partial charge in [-0.25, -0.2) is 9.13 Å². The number of ketones is 1. The number of phenolic OH excluding ortho intramolecular Hbond substituents is 2. The number of hydrogen-bond donors (Lipinski definition) is 2. The third kappa shape index (κ3) is 2.44. The van der Waals surface area contributed by atoms with Crippen molar-refractivity contribution in [2.45, 2.75) is 6.54 Å². The molecule has 17 heavy (non-hydrogen) atoms. The Balaban J connectivity index is 2.20. The van der Waals surface area contributed by atoms with Crippen molar-refractivity contribution >= 4 is 5.78 Å². The number of carbonyl (C=O) groups excluding carboxylic acids is 1. The standard InChI is InChI=1S/C12H12N2O3/c1-13-4-5-14(8-13)7-12(17)10-3-2-9(15)6-11(10)16/h2-6,8H,7H2,1H3,(H-,15,16,17)/p+1. The molecule has 0 radical (unpaired) electrons. The first-order chi connectivity index (χ1) is 8.06. The Morgan fingerprint density at radius 3 is 2.76 bits per heavy atom. The summed E-state index contributed by atoms with van der Waals surface area (Å²) >= 11 is 0. The van der Waals surface area contributed by atoms with Gasteiger partial charge in [-0.2, -0.15) is 0 Å². The lowest BCUT2D eigenvalue weighted by Gasteiger charge is -2.02. The fraction of sp³-hybridized carbons (Fsp3) is 0.167. The summed E-state index contributed by atoms with van der Waals surface area (Å²) < 4.78 is 3.54. The third-order valence-electron chi connectivity index (χ3n) is 2.43. The molecule has 0 atom stereocenters. The largest absolute Gasteiger partial charge is 0.508 e. The molecule has 0 bridgehead atoms. The average Bonchev–Trinajstić information content (AvgIpc) is 2.63. The zero-order valence-electron chi connectivity index (χ0n) is 9.37. The Hall–Kier alpha value is -2.30. The van der Waals surface area contributed by atoms with E-state index in [2.05, 4.69) is 0 Å². The minimum Gasteiger partial charge on any atom is -0.508 e. The van der Waals surface area contributed by atoms with Crippen LogP contribution in [0.15, 0.2) is 36.9 Å². The van der Waals surface area contributed by atoms with Crippen molar-refractivity contribution in [2.24, 2.45) is 7.05 Å². The summed E-state index contributed by atoms with van der Waals surface area (Å²) in [7, 11) is 1.86. The SMILES string of the molecule is C[n+]1ccn(CC(=O)c2ccc(O)cc2O)c1. The topological polar surface area (TPSA) is 66.3 Å². The Morgan fingerprint density at radius 2 is 2.18 bits per heavy atom. The molecule has 0 saturated heterocycles. The van der Waals surface area contributed by atoms with Crippen LogP contribution in [0.4, 0.5) is 0 Å². The Labute approximate surface area is 98.2 Å². The first-order valence-corrected chi connectivity index (χ1v) is 5.12. The highest BCUT2D eigenvalue weighted by Gasteiger charge is 2.14. The molecule has 0 aliphatic heterocycles. The molecule has 0 fully saturated rings. The van der Waals surface area contributed by atoms with E-state index in [0.717, 1.165) is 6.07 Å². The van der Waals surface area contributed by atoms with Crippen LogP contribution < -0.4 is 4.57 Å². The van der Waals surface area contributed by atoms with E-state index >= 15 is 0 Å². The molecule has 1 aromatic heterocycles. The van der Waals surface area contributed by atoms with Gasteiger partial charge in [-0.3, -0.25) is 4.79 Å². The summed E-state index contributed by atoms with van der Waals surface area (Å²) in [5.74, 6) is -0.475. The van der Waals surface area contributed by atoms with Crippen LogP contribution in [0.25, 0.3) is 0 Å². The lowest BCUT2D eigenvalue weighted by atomic mass is 10.1. The minimum absolute atomic E-state index is 0.0635. The second-order valence-electron chi connectivity index (χ2n) is 3.88. The fourth-order valence-corrected chi connectivity index (χ4v) is 1.60. The molecule has 88 valence electrons. The number of Topliss-reactive ketones (excluding diaryl/α,β-unsaturated/α-hetero) is 1. The Kier molecular flexibility index (Phi) is 2.82. The van der Waals surface area contributed by atoms with Crippen LogP contribution in [0, 0.1) is 0 Å². The average molecular weight is 233 g/mol. The molecule has 0 spiro atoms. The number of nitrogens with zero attached hydrogens (tertiary/aromatic N) is 2. The molecular formula is C12H13N2O3+. The predicted octanol–water partition coefficient (Wildman–Crippen LogP) is 0.607. The van der Waals surface area contributed by atoms with Crippen LogP contribution in [0.1, 0.15) is 10.4 Å². The number of aromatic nitrogens is 2. The lowest BCUT2D eigenvalue weighted by Crippen LogP contribution is -2.24. The van der Waals surface area contributed by atoms with Gasteiger partial charge in [0, 0.05) is 6.07 Å². The van der Waals surface area contributed by atoms with Gasteiger partial charge in [0.2, 0.25) is 12.1 Å². The maximum atomic E-state index is 11.9. The van der Waals surface area contributed by atoms with Gasteiger partial charge in [-0.15, -0.1) is 0 Å². The number of hydrogen-bond acceptors (Lipinski definition) is 3. The second kappa shape index (κ2) is 4.29. The molecule has 0 aliphatic rings. The molecular weight excluding hydrogens is 220 g/mol. The molecule has 1 aromatic carbocycles. The van der Waals surface area contributed by atoms with Gasteiger partial charge in [0.15, 0.2) is 6.54 Å². The summed E-state index contributed by atoms with van der Waals surface area (Å²) in [5.41, 5.74) is 0.208. The number of aromatic hydroxyl groups is 2. The van der Waals surface area contributed by atoms with E-state index in [-0.39, 0.29) is 29.4 Å². The van der Waals surface area contributed by atoms with E-state index in [0.29, 0.717) is 0 Å². The van der Waals surface area contributed by atoms with Gasteiger partial charge < -0.3 is 10.2 Å². The molecule has 2 rings (SSSR count). The second-order valence-corrected chi connectivity index (χ2v) is 3.88. The van der Waals surface area contributed by atoms with Crippen LogP contribution in [0.5, 0.6) is 11.5 Å². The molecule has 5 nitrogen and oxygen atoms in total. The Bertz CT molecular complexity index is 561. The predicted molar refractivity (Wildman–Crippen MR) is 59.7 cm³/mol. The van der Waals surface area contributed by atoms with Gasteiger partial charge in [0.25, 0.3) is 0 Å². The first-order valence-electron chi connectivity index (χ1n) is 5.12. The summed E-state index contributed by atoms with van der Waals surface area (Å²) in [5, 5.41) is 18.7. The highest BCUT2D eigenvalue weighted by Crippen LogP contribution is 2.23. The van der Waals surface area contributed by atoms with Crippen LogP contribution in [-0.4, -0.2) is 20.6 Å². The fourth-order valence-electron chi connectivity index (χ4n) is 1.60. The van der Waals surface area contributed by atoms with Gasteiger partial charge >= 0.3 is 0 Å². The smallest absolute Gasteiger partial charge is 0.243 e. The number of benzene rings is 1. The van der Waals surface area contributed by atoms with Crippen molar-refractivity contribution in [1.82, 2.24) is 4.57 Å². The number of carbonyl (C=O) groups is 1. The zero-order chi connectivity index (χ0) is 12.4. The van der Waals surface area contributed by atoms with E-state index in [1.165, 1.54) is 12.1 Å². The number of imidazole rings is 1. The summed E-state index contributed by atoms with van der Waals surface area (Å²) in [6.45, 7) is 0.152. The zero-order valence-corrected chi connectivity index (χ0v) is 9.37. The molecule has 1 heterocycles. The van der Waals surface area contributed by atoms with E-state index in [4.69, 9.17) is 5.11 Å². The number of rotatable bonds is 3. The van der Waals surface area contributed by atoms with Crippen molar-refractivity contribution in [3.8, 4) is 11.5 Å². The van der Waals surface area contributed by atoms with E-state index in [9.17, 15) is 9.90 Å². The molecule has 0 unspecified atom stereocenters. The van der Waals surface area contributed by atoms with Crippen LogP contribution >= 0.6 is 0 Å². The van der Waals surface area contributed by atoms with Crippen LogP contribution in [0.2, 0.25) is 0 Å². The number of phenols is 2. The van der Waals surface area contributed by atoms with Crippen molar-refractivity contribution in [3.63, 3.8) is 0 Å². The van der Waals surface area contributed by atoms with Gasteiger partial charge in [0.1, 0.15) is 23.9 Å². The molecule has 5 heteroatoms. The quantitative estimate of drug-likeness (QED) is 0.603. The Morgan fingerprint density at radius 1 is 1.41 bits per heavy atom. The van der Waals surface area contributed by atoms with Crippen LogP contribution in [-0.2, 0) is 13.6 Å². The van der Waals surface area contributed by atoms with Gasteiger partial charge in [-0.1, -0.05) is 0 Å². The van der Waals surface area contributed by atoms with Crippen molar-refractivity contribution < 1.29 is 19.6 Å². The molecule has 0 saturated carbocycles. The maximum Gasteiger partial charge on any atom is 0.243 e. The molecule has 0 aliphatic carbocycles. The highest BCUT2D eigenvalue weighted by molar-refractivity contribution is 5.98. The van der Waals surface area contributed by atoms with Gasteiger partial charge in [0.05, 0.1) is 12.6 Å². The summed E-state index contributed by atoms with van der Waals surface area (Å²) in [4.78, 5) is 11.9. The van der Waals surface area contributed by atoms with Crippen molar-refractivity contribution in [1.29, 1.82) is 0 Å². The van der Waals surface area contributed by atoms with Crippen LogP contribution in [0.3, 0.4) is 0 Å². The van der Waals surface area contributed by atoms with E-state index < -0.39 is 0 Å². The van der Waals surface area contributed by atoms with E-state index in [1.807, 2.05) is 17.8 Å². The normalized spacial score (nSPS) is 10.4. The first kappa shape index (κ1) is 11.2.